The molecule has 0 aromatic heterocycles. The number of aliphatic hydroxyl groups excluding tert-OH is 2. The zero-order valence-corrected chi connectivity index (χ0v) is 21.4. The molecule has 2 N–H and O–H groups in total. The van der Waals surface area contributed by atoms with Crippen LogP contribution in [0.5, 0.6) is 0 Å². The van der Waals surface area contributed by atoms with Crippen molar-refractivity contribution in [2.24, 2.45) is 63.6 Å². The number of rotatable bonds is 6. The molecule has 0 unspecified atom stereocenters. The largest absolute Gasteiger partial charge is 0.390 e. The topological polar surface area (TPSA) is 57.5 Å². The summed E-state index contributed by atoms with van der Waals surface area (Å²) < 4.78 is 0. The maximum Gasteiger partial charge on any atom is 0.140 e. The molecule has 3 nitrogen and oxygen atoms in total. The second-order valence-corrected chi connectivity index (χ2v) is 13.7. The summed E-state index contributed by atoms with van der Waals surface area (Å²) in [5.74, 6) is 4.27. The summed E-state index contributed by atoms with van der Waals surface area (Å²) in [6, 6.07) is 0. The van der Waals surface area contributed by atoms with Crippen molar-refractivity contribution in [3.63, 3.8) is 0 Å². The molecule has 0 saturated heterocycles. The fraction of sp³-hybridized carbons (Fsp3) is 0.966. The fourth-order valence-corrected chi connectivity index (χ4v) is 10.8. The fourth-order valence-electron chi connectivity index (χ4n) is 10.8. The van der Waals surface area contributed by atoms with Crippen molar-refractivity contribution in [3.8, 4) is 0 Å². The van der Waals surface area contributed by atoms with Gasteiger partial charge in [-0.05, 0) is 103 Å². The van der Waals surface area contributed by atoms with Crippen LogP contribution in [0.4, 0.5) is 0 Å². The van der Waals surface area contributed by atoms with Gasteiger partial charge >= 0.3 is 0 Å². The third kappa shape index (κ3) is 2.82. The van der Waals surface area contributed by atoms with Crippen LogP contribution in [0.15, 0.2) is 0 Å². The molecule has 3 heteroatoms. The first-order chi connectivity index (χ1) is 15.0. The number of carbonyl (C=O) groups excluding carboxylic acids is 1. The molecule has 0 aliphatic heterocycles. The summed E-state index contributed by atoms with van der Waals surface area (Å²) in [6.45, 7) is 13.6. The normalized spacial score (nSPS) is 50.8. The molecular formula is C29H48O3. The molecule has 1 spiro atoms. The van der Waals surface area contributed by atoms with Gasteiger partial charge in [0.25, 0.3) is 0 Å². The number of hydrogen-bond donors (Lipinski definition) is 2. The lowest BCUT2D eigenvalue weighted by Gasteiger charge is -2.58. The van der Waals surface area contributed by atoms with Crippen LogP contribution in [-0.4, -0.2) is 28.2 Å². The average molecular weight is 445 g/mol. The summed E-state index contributed by atoms with van der Waals surface area (Å²) in [5.41, 5.74) is 0.521. The second-order valence-electron chi connectivity index (χ2n) is 13.7. The predicted octanol–water partition coefficient (Wildman–Crippen LogP) is 5.86. The van der Waals surface area contributed by atoms with E-state index in [-0.39, 0.29) is 28.1 Å². The van der Waals surface area contributed by atoms with Crippen molar-refractivity contribution in [1.82, 2.24) is 0 Å². The van der Waals surface area contributed by atoms with E-state index in [0.717, 1.165) is 25.2 Å². The molecule has 5 aliphatic rings. The van der Waals surface area contributed by atoms with Crippen LogP contribution in [-0.2, 0) is 4.79 Å². The van der Waals surface area contributed by atoms with E-state index in [4.69, 9.17) is 0 Å². The van der Waals surface area contributed by atoms with E-state index < -0.39 is 12.2 Å². The molecule has 5 rings (SSSR count). The average Bonchev–Trinajstić information content (AvgIpc) is 3.27. The van der Waals surface area contributed by atoms with Crippen molar-refractivity contribution < 1.29 is 15.0 Å². The van der Waals surface area contributed by atoms with Gasteiger partial charge < -0.3 is 10.2 Å². The highest BCUT2D eigenvalue weighted by atomic mass is 16.3. The molecule has 0 amide bonds. The van der Waals surface area contributed by atoms with Gasteiger partial charge in [0.2, 0.25) is 0 Å². The molecule has 0 aromatic carbocycles. The van der Waals surface area contributed by atoms with Crippen molar-refractivity contribution >= 4 is 5.78 Å². The number of fused-ring (bicyclic) bond motifs is 4. The highest BCUT2D eigenvalue weighted by Gasteiger charge is 2.77. The number of Topliss-reactive ketones (excluding diaryl/α,β-unsaturated/α-hetero) is 1. The Kier molecular flexibility index (Phi) is 5.50. The van der Waals surface area contributed by atoms with Crippen LogP contribution < -0.4 is 0 Å². The van der Waals surface area contributed by atoms with Gasteiger partial charge in [0.15, 0.2) is 0 Å². The Morgan fingerprint density at radius 3 is 2.31 bits per heavy atom. The monoisotopic (exact) mass is 444 g/mol. The van der Waals surface area contributed by atoms with Crippen LogP contribution in [0.1, 0.15) is 99.3 Å². The summed E-state index contributed by atoms with van der Waals surface area (Å²) in [5, 5.41) is 22.3. The molecule has 0 heterocycles. The van der Waals surface area contributed by atoms with Crippen molar-refractivity contribution in [2.75, 3.05) is 0 Å². The zero-order valence-electron chi connectivity index (χ0n) is 21.4. The minimum atomic E-state index is -0.656. The molecule has 12 atom stereocenters. The first-order valence-electron chi connectivity index (χ1n) is 13.9. The summed E-state index contributed by atoms with van der Waals surface area (Å²) in [4.78, 5) is 13.5. The van der Waals surface area contributed by atoms with Gasteiger partial charge in [-0.3, -0.25) is 4.79 Å². The van der Waals surface area contributed by atoms with Crippen LogP contribution in [0.2, 0.25) is 0 Å². The van der Waals surface area contributed by atoms with Gasteiger partial charge in [-0.1, -0.05) is 48.0 Å². The molecule has 5 aliphatic carbocycles. The van der Waals surface area contributed by atoms with Crippen molar-refractivity contribution in [3.05, 3.63) is 0 Å². The smallest absolute Gasteiger partial charge is 0.140 e. The van der Waals surface area contributed by atoms with Crippen LogP contribution in [0.3, 0.4) is 0 Å². The quantitative estimate of drug-likeness (QED) is 0.539. The molecule has 0 bridgehead atoms. The number of carbonyl (C=O) groups is 1. The van der Waals surface area contributed by atoms with Crippen molar-refractivity contribution in [1.29, 1.82) is 0 Å². The van der Waals surface area contributed by atoms with Gasteiger partial charge in [0.05, 0.1) is 12.2 Å². The Morgan fingerprint density at radius 1 is 0.969 bits per heavy atom. The maximum absolute atomic E-state index is 13.5. The molecule has 32 heavy (non-hydrogen) atoms. The van der Waals surface area contributed by atoms with E-state index >= 15 is 0 Å². The lowest BCUT2D eigenvalue weighted by atomic mass is 9.45. The highest BCUT2D eigenvalue weighted by Crippen LogP contribution is 2.80. The summed E-state index contributed by atoms with van der Waals surface area (Å²) in [7, 11) is 0. The predicted molar refractivity (Wildman–Crippen MR) is 128 cm³/mol. The molecule has 182 valence electrons. The molecule has 5 fully saturated rings. The minimum absolute atomic E-state index is 0.0690. The van der Waals surface area contributed by atoms with Gasteiger partial charge in [0, 0.05) is 11.8 Å². The maximum atomic E-state index is 13.5. The van der Waals surface area contributed by atoms with E-state index in [0.29, 0.717) is 35.4 Å². The first kappa shape index (κ1) is 23.3. The van der Waals surface area contributed by atoms with Gasteiger partial charge in [-0.15, -0.1) is 0 Å². The van der Waals surface area contributed by atoms with Gasteiger partial charge in [0.1, 0.15) is 5.78 Å². The number of hydrogen-bond acceptors (Lipinski definition) is 3. The Hall–Kier alpha value is -0.410. The van der Waals surface area contributed by atoms with E-state index in [1.54, 1.807) is 0 Å². The van der Waals surface area contributed by atoms with Crippen LogP contribution >= 0.6 is 0 Å². The van der Waals surface area contributed by atoms with E-state index in [2.05, 4.69) is 41.5 Å². The van der Waals surface area contributed by atoms with Crippen LogP contribution in [0.25, 0.3) is 0 Å². The summed E-state index contributed by atoms with van der Waals surface area (Å²) >= 11 is 0. The third-order valence-corrected chi connectivity index (χ3v) is 12.7. The van der Waals surface area contributed by atoms with E-state index in [1.807, 2.05) is 0 Å². The Labute approximate surface area is 196 Å². The number of ketones is 1. The highest BCUT2D eigenvalue weighted by molar-refractivity contribution is 5.91. The zero-order chi connectivity index (χ0) is 23.2. The lowest BCUT2D eigenvalue weighted by molar-refractivity contribution is -0.153. The SMILES string of the molecule is CC[C@@H](C(C)C)[C@@H](O)[C@H](O)[C@@H](C)[C@H]1CC[C@H]2[C@@H]3CC(=O)[C@]45C[C@H]4CC[C@]5(C)[C@H]3CC[C@]12C. The Bertz CT molecular complexity index is 762. The minimum Gasteiger partial charge on any atom is -0.390 e. The standard InChI is InChI=1S/C29H48O3/c1-7-19(16(2)3)26(32)25(31)17(4)21-8-9-22-20-14-24(30)29-15-18(29)10-13-28(29,6)23(20)11-12-27(21,22)5/h16-23,25-26,31-32H,7-15H2,1-6H3/t17-,18+,19-,20-,21+,22-,23-,25+,26+,27+,28+,29-/m0/s1. The van der Waals surface area contributed by atoms with Gasteiger partial charge in [-0.2, -0.15) is 0 Å². The Morgan fingerprint density at radius 2 is 1.69 bits per heavy atom. The second kappa shape index (κ2) is 7.54. The Balaban J connectivity index is 1.36. The molecule has 0 aromatic rings. The molecular weight excluding hydrogens is 396 g/mol. The summed E-state index contributed by atoms with van der Waals surface area (Å²) in [6.07, 6.45) is 9.02. The van der Waals surface area contributed by atoms with E-state index in [1.165, 1.54) is 38.5 Å². The van der Waals surface area contributed by atoms with Gasteiger partial charge in [-0.25, -0.2) is 0 Å². The lowest BCUT2D eigenvalue weighted by Crippen LogP contribution is -2.55. The third-order valence-electron chi connectivity index (χ3n) is 12.7. The number of aliphatic hydroxyl groups is 2. The first-order valence-corrected chi connectivity index (χ1v) is 13.9. The van der Waals surface area contributed by atoms with Crippen molar-refractivity contribution in [2.45, 2.75) is 112 Å². The van der Waals surface area contributed by atoms with Crippen LogP contribution in [0, 0.1) is 63.6 Å². The molecule has 5 saturated carbocycles. The van der Waals surface area contributed by atoms with E-state index in [9.17, 15) is 15.0 Å². The molecule has 0 radical (unpaired) electrons.